The van der Waals surface area contributed by atoms with Gasteiger partial charge in [0.05, 0.1) is 6.04 Å². The molecule has 0 aliphatic rings. The quantitative estimate of drug-likeness (QED) is 0.0795. The highest BCUT2D eigenvalue weighted by atomic mass is 16.4. The minimum absolute atomic E-state index is 0.0848. The summed E-state index contributed by atoms with van der Waals surface area (Å²) in [6.07, 6.45) is 3.39. The number of hydrogen-bond acceptors (Lipinski definition) is 7. The van der Waals surface area contributed by atoms with Crippen LogP contribution in [0.2, 0.25) is 0 Å². The van der Waals surface area contributed by atoms with E-state index in [1.807, 2.05) is 30.3 Å². The van der Waals surface area contributed by atoms with Gasteiger partial charge in [0.15, 0.2) is 0 Å². The van der Waals surface area contributed by atoms with Crippen molar-refractivity contribution in [3.63, 3.8) is 0 Å². The summed E-state index contributed by atoms with van der Waals surface area (Å²) in [7, 11) is 0. The molecule has 1 aromatic heterocycles. The number of benzene rings is 3. The molecule has 0 saturated carbocycles. The summed E-state index contributed by atoms with van der Waals surface area (Å²) in [5.74, 6) is -2.98. The zero-order valence-corrected chi connectivity index (χ0v) is 26.0. The number of phenols is 1. The Labute approximate surface area is 272 Å². The molecule has 0 radical (unpaired) electrons. The second kappa shape index (κ2) is 16.9. The largest absolute Gasteiger partial charge is 0.508 e. The van der Waals surface area contributed by atoms with Gasteiger partial charge in [0.25, 0.3) is 0 Å². The zero-order chi connectivity index (χ0) is 33.8. The molecule has 4 aromatic rings. The van der Waals surface area contributed by atoms with Crippen molar-refractivity contribution in [3.05, 3.63) is 102 Å². The lowest BCUT2D eigenvalue weighted by molar-refractivity contribution is -0.142. The maximum Gasteiger partial charge on any atom is 0.326 e. The van der Waals surface area contributed by atoms with Crippen molar-refractivity contribution < 1.29 is 29.4 Å². The van der Waals surface area contributed by atoms with Gasteiger partial charge in [0.1, 0.15) is 23.9 Å². The molecule has 1 heterocycles. The van der Waals surface area contributed by atoms with Gasteiger partial charge in [-0.2, -0.15) is 0 Å². The maximum absolute atomic E-state index is 14.0. The highest BCUT2D eigenvalue weighted by molar-refractivity contribution is 5.95. The maximum atomic E-state index is 14.0. The molecule has 12 nitrogen and oxygen atoms in total. The Morgan fingerprint density at radius 3 is 1.98 bits per heavy atom. The fourth-order valence-corrected chi connectivity index (χ4v) is 5.34. The predicted molar refractivity (Wildman–Crippen MR) is 178 cm³/mol. The van der Waals surface area contributed by atoms with Gasteiger partial charge in [0, 0.05) is 29.9 Å². The number of carboxylic acid groups (broad SMARTS) is 1. The number of amides is 3. The van der Waals surface area contributed by atoms with Crippen LogP contribution in [-0.2, 0) is 38.4 Å². The van der Waals surface area contributed by atoms with E-state index in [1.165, 1.54) is 12.1 Å². The van der Waals surface area contributed by atoms with E-state index in [1.54, 1.807) is 42.6 Å². The lowest BCUT2D eigenvalue weighted by atomic mass is 10.0. The molecule has 248 valence electrons. The topological polar surface area (TPSA) is 213 Å². The number of aromatic nitrogens is 1. The van der Waals surface area contributed by atoms with Crippen LogP contribution in [0.4, 0.5) is 0 Å². The number of unbranched alkanes of at least 4 members (excludes halogenated alkanes) is 1. The number of aliphatic carboxylic acids is 1. The number of H-pyrrole nitrogens is 1. The van der Waals surface area contributed by atoms with Crippen LogP contribution in [0.25, 0.3) is 10.9 Å². The average Bonchev–Trinajstić information content (AvgIpc) is 3.47. The first-order valence-corrected chi connectivity index (χ1v) is 15.6. The van der Waals surface area contributed by atoms with Gasteiger partial charge in [-0.3, -0.25) is 14.4 Å². The summed E-state index contributed by atoms with van der Waals surface area (Å²) in [5, 5.41) is 28.3. The molecule has 0 bridgehead atoms. The number of carbonyl (C=O) groups excluding carboxylic acids is 3. The molecule has 4 atom stereocenters. The number of nitrogens with two attached hydrogens (primary N) is 2. The number of para-hydroxylation sites is 1. The summed E-state index contributed by atoms with van der Waals surface area (Å²) in [4.78, 5) is 56.0. The number of carbonyl (C=O) groups is 4. The Balaban J connectivity index is 1.57. The summed E-state index contributed by atoms with van der Waals surface area (Å²) in [6.45, 7) is 0.398. The zero-order valence-electron chi connectivity index (χ0n) is 26.0. The average molecular weight is 643 g/mol. The van der Waals surface area contributed by atoms with E-state index in [0.29, 0.717) is 19.4 Å². The predicted octanol–water partition coefficient (Wildman–Crippen LogP) is 1.90. The SMILES string of the molecule is NCCCCC(NC(=O)C(Cc1ccccc1)NC(=O)C(Cc1c[nH]c2ccccc12)NC(=O)C(N)Cc1ccc(O)cc1)C(=O)O. The number of phenolic OH excluding ortho intramolecular Hbond substituents is 1. The van der Waals surface area contributed by atoms with Crippen molar-refractivity contribution in [3.8, 4) is 5.75 Å². The summed E-state index contributed by atoms with van der Waals surface area (Å²) >= 11 is 0. The van der Waals surface area contributed by atoms with Gasteiger partial charge in [-0.15, -0.1) is 0 Å². The number of nitrogens with one attached hydrogen (secondary N) is 4. The number of rotatable bonds is 17. The number of aromatic hydroxyl groups is 1. The molecular formula is C35H42N6O6. The van der Waals surface area contributed by atoms with Crippen molar-refractivity contribution in [2.75, 3.05) is 6.54 Å². The van der Waals surface area contributed by atoms with Gasteiger partial charge < -0.3 is 42.6 Å². The molecule has 47 heavy (non-hydrogen) atoms. The van der Waals surface area contributed by atoms with E-state index < -0.39 is 47.9 Å². The van der Waals surface area contributed by atoms with Gasteiger partial charge in [-0.05, 0) is 67.1 Å². The number of fused-ring (bicyclic) bond motifs is 1. The van der Waals surface area contributed by atoms with E-state index >= 15 is 0 Å². The highest BCUT2D eigenvalue weighted by Gasteiger charge is 2.31. The molecule has 12 heteroatoms. The number of carboxylic acids is 1. The van der Waals surface area contributed by atoms with Crippen molar-refractivity contribution in [1.29, 1.82) is 0 Å². The van der Waals surface area contributed by atoms with Gasteiger partial charge in [0.2, 0.25) is 17.7 Å². The fraction of sp³-hybridized carbons (Fsp3) is 0.314. The standard InChI is InChI=1S/C35H42N6O6/c36-17-7-6-12-29(35(46)47)39-33(44)30(19-22-8-2-1-3-9-22)41-34(45)31(20-24-21-38-28-11-5-4-10-26(24)28)40-32(43)27(37)18-23-13-15-25(42)16-14-23/h1-5,8-11,13-16,21,27,29-31,38,42H,6-7,12,17-20,36-37H2,(H,39,44)(H,40,43)(H,41,45)(H,46,47). The first-order chi connectivity index (χ1) is 22.6. The Bertz CT molecular complexity index is 1640. The van der Waals surface area contributed by atoms with Crippen LogP contribution in [0, 0.1) is 0 Å². The third kappa shape index (κ3) is 10.1. The molecule has 0 saturated heterocycles. The molecule has 0 spiro atoms. The van der Waals surface area contributed by atoms with Gasteiger partial charge in [-0.25, -0.2) is 4.79 Å². The molecule has 0 aliphatic heterocycles. The lowest BCUT2D eigenvalue weighted by Gasteiger charge is -2.25. The normalized spacial score (nSPS) is 13.7. The number of hydrogen-bond donors (Lipinski definition) is 8. The molecule has 0 aliphatic carbocycles. The number of aromatic amines is 1. The third-order valence-electron chi connectivity index (χ3n) is 7.94. The van der Waals surface area contributed by atoms with Gasteiger partial charge >= 0.3 is 5.97 Å². The van der Waals surface area contributed by atoms with Crippen molar-refractivity contribution in [2.24, 2.45) is 11.5 Å². The molecule has 10 N–H and O–H groups in total. The third-order valence-corrected chi connectivity index (χ3v) is 7.94. The van der Waals surface area contributed by atoms with E-state index in [0.717, 1.165) is 27.6 Å². The first-order valence-electron chi connectivity index (χ1n) is 15.6. The van der Waals surface area contributed by atoms with Crippen LogP contribution in [0.5, 0.6) is 5.75 Å². The van der Waals surface area contributed by atoms with Crippen LogP contribution < -0.4 is 27.4 Å². The van der Waals surface area contributed by atoms with E-state index in [9.17, 15) is 29.4 Å². The molecule has 3 amide bonds. The molecule has 0 fully saturated rings. The van der Waals surface area contributed by atoms with Crippen molar-refractivity contribution in [2.45, 2.75) is 62.7 Å². The van der Waals surface area contributed by atoms with Crippen LogP contribution >= 0.6 is 0 Å². The van der Waals surface area contributed by atoms with E-state index in [4.69, 9.17) is 11.5 Å². The van der Waals surface area contributed by atoms with Crippen LogP contribution in [-0.4, -0.2) is 69.6 Å². The molecule has 3 aromatic carbocycles. The van der Waals surface area contributed by atoms with E-state index in [-0.39, 0.29) is 31.4 Å². The lowest BCUT2D eigenvalue weighted by Crippen LogP contribution is -2.58. The Morgan fingerprint density at radius 2 is 1.30 bits per heavy atom. The Hall–Kier alpha value is -5.20. The van der Waals surface area contributed by atoms with Crippen LogP contribution in [0.1, 0.15) is 36.0 Å². The molecule has 4 rings (SSSR count). The Kier molecular flexibility index (Phi) is 12.5. The minimum Gasteiger partial charge on any atom is -0.508 e. The van der Waals surface area contributed by atoms with Gasteiger partial charge in [-0.1, -0.05) is 60.7 Å². The van der Waals surface area contributed by atoms with E-state index in [2.05, 4.69) is 20.9 Å². The Morgan fingerprint density at radius 1 is 0.702 bits per heavy atom. The summed E-state index contributed by atoms with van der Waals surface area (Å²) in [6, 6.07) is 18.4. The van der Waals surface area contributed by atoms with Crippen molar-refractivity contribution >= 4 is 34.6 Å². The summed E-state index contributed by atoms with van der Waals surface area (Å²) < 4.78 is 0. The highest BCUT2D eigenvalue weighted by Crippen LogP contribution is 2.20. The minimum atomic E-state index is -1.19. The van der Waals surface area contributed by atoms with Crippen LogP contribution in [0.3, 0.4) is 0 Å². The van der Waals surface area contributed by atoms with Crippen molar-refractivity contribution in [1.82, 2.24) is 20.9 Å². The van der Waals surface area contributed by atoms with Crippen LogP contribution in [0.15, 0.2) is 85.1 Å². The molecule has 4 unspecified atom stereocenters. The second-order valence-corrected chi connectivity index (χ2v) is 11.5. The smallest absolute Gasteiger partial charge is 0.326 e. The first kappa shape index (κ1) is 34.7. The molecular weight excluding hydrogens is 600 g/mol. The second-order valence-electron chi connectivity index (χ2n) is 11.5. The monoisotopic (exact) mass is 642 g/mol. The summed E-state index contributed by atoms with van der Waals surface area (Å²) in [5.41, 5.74) is 14.9. The fourth-order valence-electron chi connectivity index (χ4n) is 5.34.